The number of anilines is 1. The molecule has 1 atom stereocenters. The zero-order valence-corrected chi connectivity index (χ0v) is 20.4. The molecule has 9 heteroatoms. The number of rotatable bonds is 7. The van der Waals surface area contributed by atoms with Crippen LogP contribution >= 0.6 is 11.6 Å². The van der Waals surface area contributed by atoms with Gasteiger partial charge < -0.3 is 10.6 Å². The lowest BCUT2D eigenvalue weighted by molar-refractivity contribution is -0.384. The highest BCUT2D eigenvalue weighted by atomic mass is 35.5. The summed E-state index contributed by atoms with van der Waals surface area (Å²) in [7, 11) is 0. The number of piperidine rings is 1. The molecule has 2 aromatic carbocycles. The van der Waals surface area contributed by atoms with Gasteiger partial charge in [0.05, 0.1) is 4.92 Å². The molecule has 186 valence electrons. The SMILES string of the molecule is O=C(NC1CCN(C(C(=O)Nc2ccc(Cl)c([N+](=O)[O-])c2)c2ccccc2)CC1)C1CCCCC1. The molecule has 1 saturated carbocycles. The van der Waals surface area contributed by atoms with Crippen LogP contribution in [0.5, 0.6) is 0 Å². The molecule has 0 radical (unpaired) electrons. The second-order valence-electron chi connectivity index (χ2n) is 9.38. The lowest BCUT2D eigenvalue weighted by atomic mass is 9.88. The molecule has 1 heterocycles. The van der Waals surface area contributed by atoms with E-state index in [0.29, 0.717) is 18.8 Å². The van der Waals surface area contributed by atoms with Crippen LogP contribution in [0.4, 0.5) is 11.4 Å². The second kappa shape index (κ2) is 11.6. The Hall–Kier alpha value is -2.97. The van der Waals surface area contributed by atoms with Crippen LogP contribution in [0.1, 0.15) is 56.6 Å². The highest BCUT2D eigenvalue weighted by Crippen LogP contribution is 2.30. The molecule has 2 aliphatic rings. The van der Waals surface area contributed by atoms with E-state index in [1.807, 2.05) is 30.3 Å². The number of halogens is 1. The molecule has 2 aromatic rings. The smallest absolute Gasteiger partial charge is 0.289 e. The van der Waals surface area contributed by atoms with Crippen molar-refractivity contribution < 1.29 is 14.5 Å². The largest absolute Gasteiger partial charge is 0.353 e. The van der Waals surface area contributed by atoms with Crippen molar-refractivity contribution >= 4 is 34.8 Å². The number of carbonyl (C=O) groups excluding carboxylic acids is 2. The van der Waals surface area contributed by atoms with Gasteiger partial charge in [0, 0.05) is 36.8 Å². The summed E-state index contributed by atoms with van der Waals surface area (Å²) in [4.78, 5) is 38.9. The number of nitro groups is 1. The number of nitrogens with one attached hydrogen (secondary N) is 2. The first-order valence-corrected chi connectivity index (χ1v) is 12.6. The van der Waals surface area contributed by atoms with Gasteiger partial charge in [-0.15, -0.1) is 0 Å². The minimum absolute atomic E-state index is 0.0185. The topological polar surface area (TPSA) is 105 Å². The van der Waals surface area contributed by atoms with Crippen molar-refractivity contribution in [2.24, 2.45) is 5.92 Å². The first kappa shape index (κ1) is 25.1. The van der Waals surface area contributed by atoms with Crippen molar-refractivity contribution in [3.8, 4) is 0 Å². The first-order valence-electron chi connectivity index (χ1n) is 12.3. The Balaban J connectivity index is 1.43. The predicted octanol–water partition coefficient (Wildman–Crippen LogP) is 5.09. The van der Waals surface area contributed by atoms with Crippen LogP contribution in [0.2, 0.25) is 5.02 Å². The summed E-state index contributed by atoms with van der Waals surface area (Å²) < 4.78 is 0. The summed E-state index contributed by atoms with van der Waals surface area (Å²) >= 11 is 5.91. The highest BCUT2D eigenvalue weighted by Gasteiger charge is 2.32. The van der Waals surface area contributed by atoms with Crippen molar-refractivity contribution in [2.75, 3.05) is 18.4 Å². The highest BCUT2D eigenvalue weighted by molar-refractivity contribution is 6.32. The summed E-state index contributed by atoms with van der Waals surface area (Å²) in [6.45, 7) is 1.31. The number of carbonyl (C=O) groups is 2. The third-order valence-corrected chi connectivity index (χ3v) is 7.31. The summed E-state index contributed by atoms with van der Waals surface area (Å²) in [5.74, 6) is 0.0374. The van der Waals surface area contributed by atoms with Gasteiger partial charge in [-0.1, -0.05) is 61.2 Å². The molecule has 0 spiro atoms. The fourth-order valence-corrected chi connectivity index (χ4v) is 5.28. The maximum atomic E-state index is 13.4. The number of hydrogen-bond acceptors (Lipinski definition) is 5. The van der Waals surface area contributed by atoms with Gasteiger partial charge in [0.25, 0.3) is 5.69 Å². The van der Waals surface area contributed by atoms with Crippen LogP contribution in [-0.2, 0) is 9.59 Å². The molecule has 0 aromatic heterocycles. The molecule has 1 unspecified atom stereocenters. The van der Waals surface area contributed by atoms with Gasteiger partial charge in [0.1, 0.15) is 11.1 Å². The fourth-order valence-electron chi connectivity index (χ4n) is 5.09. The quantitative estimate of drug-likeness (QED) is 0.408. The van der Waals surface area contributed by atoms with Crippen molar-refractivity contribution in [3.05, 3.63) is 69.2 Å². The summed E-state index contributed by atoms with van der Waals surface area (Å²) in [5, 5.41) is 17.3. The standard InChI is InChI=1S/C26H31ClN4O4/c27-22-12-11-21(17-23(22)31(34)35)29-26(33)24(18-7-3-1-4-8-18)30-15-13-20(14-16-30)28-25(32)19-9-5-2-6-10-19/h1,3-4,7-8,11-12,17,19-20,24H,2,5-6,9-10,13-16H2,(H,28,32)(H,29,33). The first-order chi connectivity index (χ1) is 16.9. The van der Waals surface area contributed by atoms with E-state index in [-0.39, 0.29) is 34.5 Å². The Morgan fingerprint density at radius 2 is 1.69 bits per heavy atom. The molecule has 0 bridgehead atoms. The molecule has 8 nitrogen and oxygen atoms in total. The van der Waals surface area contributed by atoms with Crippen molar-refractivity contribution in [2.45, 2.75) is 57.0 Å². The number of amides is 2. The number of hydrogen-bond donors (Lipinski definition) is 2. The maximum Gasteiger partial charge on any atom is 0.289 e. The van der Waals surface area contributed by atoms with Gasteiger partial charge in [-0.05, 0) is 43.4 Å². The molecular formula is C26H31ClN4O4. The Bertz CT molecular complexity index is 1050. The average Bonchev–Trinajstić information content (AvgIpc) is 2.87. The second-order valence-corrected chi connectivity index (χ2v) is 9.79. The Kier molecular flexibility index (Phi) is 8.36. The van der Waals surface area contributed by atoms with Crippen LogP contribution < -0.4 is 10.6 Å². The summed E-state index contributed by atoms with van der Waals surface area (Å²) in [5.41, 5.74) is 0.912. The van der Waals surface area contributed by atoms with Gasteiger partial charge in [-0.25, -0.2) is 0 Å². The van der Waals surface area contributed by atoms with E-state index in [1.165, 1.54) is 18.6 Å². The minimum Gasteiger partial charge on any atom is -0.353 e. The minimum atomic E-state index is -0.570. The Morgan fingerprint density at radius 1 is 1.00 bits per heavy atom. The number of nitrogens with zero attached hydrogens (tertiary/aromatic N) is 2. The van der Waals surface area contributed by atoms with Crippen LogP contribution in [0, 0.1) is 16.0 Å². The van der Waals surface area contributed by atoms with Crippen LogP contribution in [0.3, 0.4) is 0 Å². The molecular weight excluding hydrogens is 468 g/mol. The van der Waals surface area contributed by atoms with Crippen molar-refractivity contribution in [1.29, 1.82) is 0 Å². The van der Waals surface area contributed by atoms with Crippen LogP contribution in [0.25, 0.3) is 0 Å². The molecule has 35 heavy (non-hydrogen) atoms. The number of likely N-dealkylation sites (tertiary alicyclic amines) is 1. The van der Waals surface area contributed by atoms with Crippen molar-refractivity contribution in [1.82, 2.24) is 10.2 Å². The van der Waals surface area contributed by atoms with E-state index in [1.54, 1.807) is 6.07 Å². The number of nitro benzene ring substituents is 1. The third kappa shape index (κ3) is 6.38. The molecule has 2 N–H and O–H groups in total. The number of benzene rings is 2. The average molecular weight is 499 g/mol. The molecule has 1 aliphatic heterocycles. The van der Waals surface area contributed by atoms with E-state index in [9.17, 15) is 19.7 Å². The predicted molar refractivity (Wildman–Crippen MR) is 135 cm³/mol. The molecule has 4 rings (SSSR count). The zero-order valence-electron chi connectivity index (χ0n) is 19.6. The van der Waals surface area contributed by atoms with Gasteiger partial charge in [-0.3, -0.25) is 24.6 Å². The zero-order chi connectivity index (χ0) is 24.8. The van der Waals surface area contributed by atoms with Gasteiger partial charge in [0.15, 0.2) is 0 Å². The van der Waals surface area contributed by atoms with E-state index < -0.39 is 11.0 Å². The fraction of sp³-hybridized carbons (Fsp3) is 0.462. The summed E-state index contributed by atoms with van der Waals surface area (Å²) in [6.07, 6.45) is 6.95. The maximum absolute atomic E-state index is 13.4. The van der Waals surface area contributed by atoms with E-state index >= 15 is 0 Å². The van der Waals surface area contributed by atoms with Gasteiger partial charge in [0.2, 0.25) is 11.8 Å². The lowest BCUT2D eigenvalue weighted by Crippen LogP contribution is -2.49. The van der Waals surface area contributed by atoms with Crippen molar-refractivity contribution in [3.63, 3.8) is 0 Å². The monoisotopic (exact) mass is 498 g/mol. The van der Waals surface area contributed by atoms with E-state index in [4.69, 9.17) is 11.6 Å². The van der Waals surface area contributed by atoms with Crippen LogP contribution in [-0.4, -0.2) is 40.8 Å². The molecule has 2 fully saturated rings. The normalized spacial score (nSPS) is 18.5. The Labute approximate surface area is 210 Å². The van der Waals surface area contributed by atoms with E-state index in [2.05, 4.69) is 15.5 Å². The summed E-state index contributed by atoms with van der Waals surface area (Å²) in [6, 6.07) is 13.3. The molecule has 2 amide bonds. The molecule has 1 aliphatic carbocycles. The van der Waals surface area contributed by atoms with Gasteiger partial charge in [-0.2, -0.15) is 0 Å². The van der Waals surface area contributed by atoms with Crippen LogP contribution in [0.15, 0.2) is 48.5 Å². The molecule has 1 saturated heterocycles. The lowest BCUT2D eigenvalue weighted by Gasteiger charge is -2.37. The van der Waals surface area contributed by atoms with Gasteiger partial charge >= 0.3 is 0 Å². The van der Waals surface area contributed by atoms with E-state index in [0.717, 1.165) is 44.1 Å². The third-order valence-electron chi connectivity index (χ3n) is 6.99. The Morgan fingerprint density at radius 3 is 2.34 bits per heavy atom.